The maximum Gasteiger partial charge on any atom is 0.337 e. The minimum absolute atomic E-state index is 0.263. The quantitative estimate of drug-likeness (QED) is 0.581. The molecule has 0 amide bonds. The number of rotatable bonds is 2. The first kappa shape index (κ1) is 15.5. The highest BCUT2D eigenvalue weighted by Crippen LogP contribution is 2.50. The van der Waals surface area contributed by atoms with Crippen molar-refractivity contribution in [1.29, 1.82) is 0 Å². The van der Waals surface area contributed by atoms with E-state index in [1.54, 1.807) is 0 Å². The standard InChI is InChI=1S/C20H18BrNO2/c1-24-20(23)13-8-9-18-17(11-13)15-6-3-7-16(15)19(22-18)12-4-2-5-14(21)10-12/h2-6,8-11,15-16,19,22H,7H2,1H3. The zero-order valence-electron chi connectivity index (χ0n) is 13.3. The monoisotopic (exact) mass is 383 g/mol. The van der Waals surface area contributed by atoms with Crippen molar-refractivity contribution in [3.63, 3.8) is 0 Å². The van der Waals surface area contributed by atoms with Crippen molar-refractivity contribution in [2.75, 3.05) is 12.4 Å². The lowest BCUT2D eigenvalue weighted by Gasteiger charge is -2.37. The van der Waals surface area contributed by atoms with Crippen LogP contribution in [-0.4, -0.2) is 13.1 Å². The summed E-state index contributed by atoms with van der Waals surface area (Å²) in [6.07, 6.45) is 5.56. The number of fused-ring (bicyclic) bond motifs is 3. The summed E-state index contributed by atoms with van der Waals surface area (Å²) >= 11 is 3.57. The highest BCUT2D eigenvalue weighted by molar-refractivity contribution is 9.10. The largest absolute Gasteiger partial charge is 0.465 e. The second-order valence-electron chi connectivity index (χ2n) is 6.32. The number of hydrogen-bond donors (Lipinski definition) is 1. The number of halogens is 1. The zero-order valence-corrected chi connectivity index (χ0v) is 14.9. The summed E-state index contributed by atoms with van der Waals surface area (Å²) in [5.74, 6) is 0.500. The molecular weight excluding hydrogens is 366 g/mol. The lowest BCUT2D eigenvalue weighted by molar-refractivity contribution is 0.0600. The summed E-state index contributed by atoms with van der Waals surface area (Å²) in [6.45, 7) is 0. The van der Waals surface area contributed by atoms with Crippen molar-refractivity contribution in [1.82, 2.24) is 0 Å². The highest BCUT2D eigenvalue weighted by Gasteiger charge is 2.38. The Kier molecular flexibility index (Phi) is 3.93. The van der Waals surface area contributed by atoms with E-state index in [0.717, 1.165) is 16.6 Å². The minimum Gasteiger partial charge on any atom is -0.465 e. The molecule has 4 rings (SSSR count). The van der Waals surface area contributed by atoms with Gasteiger partial charge >= 0.3 is 5.97 Å². The van der Waals surface area contributed by atoms with Crippen LogP contribution in [0.2, 0.25) is 0 Å². The van der Waals surface area contributed by atoms with E-state index in [9.17, 15) is 4.79 Å². The molecule has 0 saturated heterocycles. The number of benzene rings is 2. The SMILES string of the molecule is COC(=O)c1ccc2c(c1)C1C=CCC1C(c1cccc(Br)c1)N2. The Morgan fingerprint density at radius 3 is 2.92 bits per heavy atom. The van der Waals surface area contributed by atoms with Gasteiger partial charge in [0.2, 0.25) is 0 Å². The predicted molar refractivity (Wildman–Crippen MR) is 98.3 cm³/mol. The molecule has 1 aliphatic heterocycles. The minimum atomic E-state index is -0.287. The highest BCUT2D eigenvalue weighted by atomic mass is 79.9. The second-order valence-corrected chi connectivity index (χ2v) is 7.24. The lowest BCUT2D eigenvalue weighted by atomic mass is 9.76. The summed E-state index contributed by atoms with van der Waals surface area (Å²) in [5.41, 5.74) is 4.17. The topological polar surface area (TPSA) is 38.3 Å². The molecule has 0 bridgehead atoms. The first-order chi connectivity index (χ1) is 11.7. The lowest BCUT2D eigenvalue weighted by Crippen LogP contribution is -2.29. The van der Waals surface area contributed by atoms with Gasteiger partial charge in [0.05, 0.1) is 18.7 Å². The Labute approximate surface area is 149 Å². The van der Waals surface area contributed by atoms with Gasteiger partial charge in [-0.3, -0.25) is 0 Å². The summed E-state index contributed by atoms with van der Waals surface area (Å²) in [5, 5.41) is 3.68. The summed E-state index contributed by atoms with van der Waals surface area (Å²) < 4.78 is 5.95. The number of hydrogen-bond acceptors (Lipinski definition) is 3. The number of nitrogens with one attached hydrogen (secondary N) is 1. The maximum atomic E-state index is 11.8. The Balaban J connectivity index is 1.76. The third-order valence-electron chi connectivity index (χ3n) is 4.99. The van der Waals surface area contributed by atoms with Crippen LogP contribution in [0.5, 0.6) is 0 Å². The number of carbonyl (C=O) groups is 1. The molecule has 1 aliphatic carbocycles. The van der Waals surface area contributed by atoms with Gasteiger partial charge in [-0.05, 0) is 53.8 Å². The fourth-order valence-electron chi connectivity index (χ4n) is 3.87. The van der Waals surface area contributed by atoms with Crippen molar-refractivity contribution < 1.29 is 9.53 Å². The van der Waals surface area contributed by atoms with Crippen LogP contribution in [0.15, 0.2) is 59.1 Å². The fourth-order valence-corrected chi connectivity index (χ4v) is 4.29. The van der Waals surface area contributed by atoms with Crippen LogP contribution < -0.4 is 5.32 Å². The van der Waals surface area contributed by atoms with Crippen molar-refractivity contribution in [3.8, 4) is 0 Å². The predicted octanol–water partition coefficient (Wildman–Crippen LogP) is 5.06. The van der Waals surface area contributed by atoms with Crippen LogP contribution in [0.1, 0.15) is 39.9 Å². The summed E-state index contributed by atoms with van der Waals surface area (Å²) in [6, 6.07) is 14.5. The van der Waals surface area contributed by atoms with Gasteiger partial charge in [0.1, 0.15) is 0 Å². The van der Waals surface area contributed by atoms with Crippen LogP contribution in [0.3, 0.4) is 0 Å². The molecule has 0 radical (unpaired) electrons. The molecule has 1 N–H and O–H groups in total. The van der Waals surface area contributed by atoms with Gasteiger partial charge < -0.3 is 10.1 Å². The van der Waals surface area contributed by atoms with Gasteiger partial charge in [-0.15, -0.1) is 0 Å². The van der Waals surface area contributed by atoms with E-state index >= 15 is 0 Å². The number of methoxy groups -OCH3 is 1. The first-order valence-corrected chi connectivity index (χ1v) is 8.87. The second kappa shape index (κ2) is 6.10. The van der Waals surface area contributed by atoms with E-state index < -0.39 is 0 Å². The molecule has 0 saturated carbocycles. The van der Waals surface area contributed by atoms with Gasteiger partial charge in [0.15, 0.2) is 0 Å². The maximum absolute atomic E-state index is 11.8. The van der Waals surface area contributed by atoms with E-state index in [1.165, 1.54) is 18.2 Å². The zero-order chi connectivity index (χ0) is 16.7. The van der Waals surface area contributed by atoms with Crippen LogP contribution in [0.4, 0.5) is 5.69 Å². The van der Waals surface area contributed by atoms with Gasteiger partial charge in [0, 0.05) is 16.1 Å². The van der Waals surface area contributed by atoms with E-state index in [-0.39, 0.29) is 12.0 Å². The molecule has 24 heavy (non-hydrogen) atoms. The van der Waals surface area contributed by atoms with E-state index in [2.05, 4.69) is 51.6 Å². The molecule has 3 atom stereocenters. The fraction of sp³-hybridized carbons (Fsp3) is 0.250. The van der Waals surface area contributed by atoms with Crippen molar-refractivity contribution in [2.24, 2.45) is 5.92 Å². The molecular formula is C20H18BrNO2. The smallest absolute Gasteiger partial charge is 0.337 e. The van der Waals surface area contributed by atoms with Gasteiger partial charge in [-0.1, -0.05) is 40.2 Å². The molecule has 3 unspecified atom stereocenters. The number of ether oxygens (including phenoxy) is 1. The van der Waals surface area contributed by atoms with Gasteiger partial charge in [-0.2, -0.15) is 0 Å². The molecule has 122 valence electrons. The summed E-state index contributed by atoms with van der Waals surface area (Å²) in [4.78, 5) is 11.8. The van der Waals surface area contributed by atoms with E-state index in [0.29, 0.717) is 17.4 Å². The average Bonchev–Trinajstić information content (AvgIpc) is 3.10. The van der Waals surface area contributed by atoms with Gasteiger partial charge in [-0.25, -0.2) is 4.79 Å². The van der Waals surface area contributed by atoms with Crippen LogP contribution >= 0.6 is 15.9 Å². The molecule has 2 aromatic rings. The van der Waals surface area contributed by atoms with Crippen LogP contribution in [0, 0.1) is 5.92 Å². The van der Waals surface area contributed by atoms with E-state index in [4.69, 9.17) is 4.74 Å². The Morgan fingerprint density at radius 2 is 2.12 bits per heavy atom. The van der Waals surface area contributed by atoms with E-state index in [1.807, 2.05) is 24.3 Å². The van der Waals surface area contributed by atoms with Crippen molar-refractivity contribution >= 4 is 27.6 Å². The molecule has 3 nitrogen and oxygen atoms in total. The molecule has 2 aromatic carbocycles. The third kappa shape index (κ3) is 2.55. The number of anilines is 1. The molecule has 2 aliphatic rings. The average molecular weight is 384 g/mol. The molecule has 4 heteroatoms. The molecule has 1 heterocycles. The Hall–Kier alpha value is -2.07. The normalized spacial score (nSPS) is 24.0. The van der Waals surface area contributed by atoms with Crippen molar-refractivity contribution in [2.45, 2.75) is 18.4 Å². The van der Waals surface area contributed by atoms with Gasteiger partial charge in [0.25, 0.3) is 0 Å². The number of allylic oxidation sites excluding steroid dienone is 2. The van der Waals surface area contributed by atoms with Crippen LogP contribution in [-0.2, 0) is 4.74 Å². The molecule has 0 spiro atoms. The summed E-state index contributed by atoms with van der Waals surface area (Å²) in [7, 11) is 1.42. The number of carbonyl (C=O) groups excluding carboxylic acids is 1. The molecule has 0 fully saturated rings. The number of esters is 1. The first-order valence-electron chi connectivity index (χ1n) is 8.08. The van der Waals surface area contributed by atoms with Crippen LogP contribution in [0.25, 0.3) is 0 Å². The van der Waals surface area contributed by atoms with Crippen molar-refractivity contribution in [3.05, 3.63) is 75.8 Å². The third-order valence-corrected chi connectivity index (χ3v) is 5.48. The molecule has 0 aromatic heterocycles. The Morgan fingerprint density at radius 1 is 1.25 bits per heavy atom. The Bertz CT molecular complexity index is 830.